The van der Waals surface area contributed by atoms with Gasteiger partial charge in [0.15, 0.2) is 11.6 Å². The van der Waals surface area contributed by atoms with E-state index < -0.39 is 5.82 Å². The van der Waals surface area contributed by atoms with E-state index >= 15 is 0 Å². The summed E-state index contributed by atoms with van der Waals surface area (Å²) in [6, 6.07) is 4.81. The number of nitrogens with zero attached hydrogens (tertiary/aromatic N) is 1. The summed E-state index contributed by atoms with van der Waals surface area (Å²) >= 11 is 0. The van der Waals surface area contributed by atoms with Crippen LogP contribution in [0.2, 0.25) is 0 Å². The summed E-state index contributed by atoms with van der Waals surface area (Å²) in [5.74, 6) is 0.253. The molecule has 0 saturated heterocycles. The molecule has 2 N–H and O–H groups in total. The van der Waals surface area contributed by atoms with Crippen LogP contribution < -0.4 is 10.5 Å². The minimum Gasteiger partial charge on any atom is -0.494 e. The smallest absolute Gasteiger partial charge is 0.167 e. The molecule has 2 aromatic rings. The number of hydrogen-bond donors (Lipinski definition) is 1. The van der Waals surface area contributed by atoms with E-state index in [1.54, 1.807) is 6.07 Å². The number of pyridine rings is 1. The third-order valence-electron chi connectivity index (χ3n) is 2.78. The van der Waals surface area contributed by atoms with Gasteiger partial charge in [0.05, 0.1) is 12.6 Å². The van der Waals surface area contributed by atoms with Gasteiger partial charge in [-0.1, -0.05) is 13.8 Å². The normalized spacial score (nSPS) is 11.2. The number of nitrogen functional groups attached to an aromatic ring is 1. The lowest BCUT2D eigenvalue weighted by Crippen LogP contribution is -2.01. The van der Waals surface area contributed by atoms with Crippen molar-refractivity contribution in [2.75, 3.05) is 12.8 Å². The first-order valence-corrected chi connectivity index (χ1v) is 5.94. The summed E-state index contributed by atoms with van der Waals surface area (Å²) < 4.78 is 18.6. The van der Waals surface area contributed by atoms with Crippen LogP contribution in [0.1, 0.15) is 19.5 Å². The van der Waals surface area contributed by atoms with Gasteiger partial charge in [0, 0.05) is 22.8 Å². The second-order valence-electron chi connectivity index (χ2n) is 4.80. The highest BCUT2D eigenvalue weighted by Gasteiger charge is 2.10. The summed E-state index contributed by atoms with van der Waals surface area (Å²) in [4.78, 5) is 4.44. The van der Waals surface area contributed by atoms with Crippen LogP contribution in [0.3, 0.4) is 0 Å². The Morgan fingerprint density at radius 1 is 1.33 bits per heavy atom. The zero-order valence-corrected chi connectivity index (χ0v) is 10.8. The van der Waals surface area contributed by atoms with E-state index in [0.717, 1.165) is 17.5 Å². The van der Waals surface area contributed by atoms with Crippen molar-refractivity contribution >= 4 is 16.6 Å². The standard InChI is InChI=1S/C14H17FN2O/c1-8(2)4-9-5-12(16)10-6-14(18-3)11(15)7-13(10)17-9/h5-8H,4H2,1-3H3,(H2,16,17). The van der Waals surface area contributed by atoms with Crippen molar-refractivity contribution in [1.82, 2.24) is 4.98 Å². The van der Waals surface area contributed by atoms with Crippen molar-refractivity contribution in [1.29, 1.82) is 0 Å². The summed E-state index contributed by atoms with van der Waals surface area (Å²) in [5, 5.41) is 0.723. The second-order valence-corrected chi connectivity index (χ2v) is 4.80. The molecule has 18 heavy (non-hydrogen) atoms. The van der Waals surface area contributed by atoms with Crippen molar-refractivity contribution in [2.24, 2.45) is 5.92 Å². The lowest BCUT2D eigenvalue weighted by Gasteiger charge is -2.10. The van der Waals surface area contributed by atoms with Gasteiger partial charge in [0.2, 0.25) is 0 Å². The molecule has 4 heteroatoms. The highest BCUT2D eigenvalue weighted by atomic mass is 19.1. The first-order chi connectivity index (χ1) is 8.51. The van der Waals surface area contributed by atoms with Crippen LogP contribution in [0.15, 0.2) is 18.2 Å². The number of halogens is 1. The Hall–Kier alpha value is -1.84. The van der Waals surface area contributed by atoms with Crippen molar-refractivity contribution in [3.05, 3.63) is 29.7 Å². The number of benzene rings is 1. The maximum Gasteiger partial charge on any atom is 0.167 e. The molecule has 0 saturated carbocycles. The second kappa shape index (κ2) is 4.80. The van der Waals surface area contributed by atoms with Crippen molar-refractivity contribution in [3.8, 4) is 5.75 Å². The van der Waals surface area contributed by atoms with Gasteiger partial charge in [-0.2, -0.15) is 0 Å². The van der Waals surface area contributed by atoms with Crippen LogP contribution in [-0.2, 0) is 6.42 Å². The van der Waals surface area contributed by atoms with E-state index in [0.29, 0.717) is 17.1 Å². The van der Waals surface area contributed by atoms with E-state index in [9.17, 15) is 4.39 Å². The topological polar surface area (TPSA) is 48.1 Å². The molecule has 0 atom stereocenters. The Morgan fingerprint density at radius 3 is 2.67 bits per heavy atom. The number of ether oxygens (including phenoxy) is 1. The number of nitrogens with two attached hydrogens (primary N) is 1. The van der Waals surface area contributed by atoms with Crippen LogP contribution in [0, 0.1) is 11.7 Å². The average Bonchev–Trinajstić information content (AvgIpc) is 2.27. The Labute approximate surface area is 106 Å². The van der Waals surface area contributed by atoms with E-state index in [-0.39, 0.29) is 5.75 Å². The van der Waals surface area contributed by atoms with Gasteiger partial charge in [-0.05, 0) is 24.5 Å². The first-order valence-electron chi connectivity index (χ1n) is 5.94. The highest BCUT2D eigenvalue weighted by Crippen LogP contribution is 2.28. The molecule has 1 heterocycles. The van der Waals surface area contributed by atoms with E-state index in [1.165, 1.54) is 13.2 Å². The summed E-state index contributed by atoms with van der Waals surface area (Å²) in [5.41, 5.74) is 8.06. The van der Waals surface area contributed by atoms with Crippen LogP contribution in [0.5, 0.6) is 5.75 Å². The maximum absolute atomic E-state index is 13.6. The minimum absolute atomic E-state index is 0.188. The number of anilines is 1. The molecule has 0 unspecified atom stereocenters. The van der Waals surface area contributed by atoms with Gasteiger partial charge in [0.1, 0.15) is 0 Å². The Bertz CT molecular complexity index is 582. The first kappa shape index (κ1) is 12.6. The van der Waals surface area contributed by atoms with Crippen molar-refractivity contribution in [2.45, 2.75) is 20.3 Å². The van der Waals surface area contributed by atoms with Crippen LogP contribution in [0.4, 0.5) is 10.1 Å². The Morgan fingerprint density at radius 2 is 2.06 bits per heavy atom. The number of aromatic nitrogens is 1. The van der Waals surface area contributed by atoms with Gasteiger partial charge in [0.25, 0.3) is 0 Å². The van der Waals surface area contributed by atoms with Gasteiger partial charge >= 0.3 is 0 Å². The predicted octanol–water partition coefficient (Wildman–Crippen LogP) is 3.16. The molecule has 0 radical (unpaired) electrons. The maximum atomic E-state index is 13.6. The molecule has 0 aliphatic heterocycles. The van der Waals surface area contributed by atoms with E-state index in [1.807, 2.05) is 6.07 Å². The average molecular weight is 248 g/mol. The quantitative estimate of drug-likeness (QED) is 0.907. The SMILES string of the molecule is COc1cc2c(N)cc(CC(C)C)nc2cc1F. The monoisotopic (exact) mass is 248 g/mol. The zero-order chi connectivity index (χ0) is 13.3. The number of rotatable bonds is 3. The molecule has 0 aliphatic carbocycles. The largest absolute Gasteiger partial charge is 0.494 e. The molecule has 1 aromatic heterocycles. The molecular formula is C14H17FN2O. The highest BCUT2D eigenvalue weighted by molar-refractivity contribution is 5.91. The molecule has 2 rings (SSSR count). The summed E-state index contributed by atoms with van der Waals surface area (Å²) in [6.45, 7) is 4.22. The van der Waals surface area contributed by atoms with Gasteiger partial charge in [-0.15, -0.1) is 0 Å². The molecule has 0 fully saturated rings. The number of fused-ring (bicyclic) bond motifs is 1. The van der Waals surface area contributed by atoms with E-state index in [4.69, 9.17) is 10.5 Å². The fourth-order valence-electron chi connectivity index (χ4n) is 1.99. The minimum atomic E-state index is -0.418. The summed E-state index contributed by atoms with van der Waals surface area (Å²) in [6.07, 6.45) is 0.827. The number of hydrogen-bond acceptors (Lipinski definition) is 3. The molecule has 3 nitrogen and oxygen atoms in total. The lowest BCUT2D eigenvalue weighted by atomic mass is 10.1. The van der Waals surface area contributed by atoms with Gasteiger partial charge in [-0.25, -0.2) is 4.39 Å². The molecule has 96 valence electrons. The van der Waals surface area contributed by atoms with Crippen LogP contribution >= 0.6 is 0 Å². The number of methoxy groups -OCH3 is 1. The fraction of sp³-hybridized carbons (Fsp3) is 0.357. The van der Waals surface area contributed by atoms with Gasteiger partial charge in [-0.3, -0.25) is 4.98 Å². The predicted molar refractivity (Wildman–Crippen MR) is 71.2 cm³/mol. The third kappa shape index (κ3) is 2.37. The molecule has 0 amide bonds. The fourth-order valence-corrected chi connectivity index (χ4v) is 1.99. The van der Waals surface area contributed by atoms with Crippen LogP contribution in [-0.4, -0.2) is 12.1 Å². The van der Waals surface area contributed by atoms with Gasteiger partial charge < -0.3 is 10.5 Å². The Balaban J connectivity index is 2.59. The molecule has 0 spiro atoms. The third-order valence-corrected chi connectivity index (χ3v) is 2.78. The van der Waals surface area contributed by atoms with Crippen molar-refractivity contribution in [3.63, 3.8) is 0 Å². The summed E-state index contributed by atoms with van der Waals surface area (Å²) in [7, 11) is 1.43. The van der Waals surface area contributed by atoms with Crippen LogP contribution in [0.25, 0.3) is 10.9 Å². The van der Waals surface area contributed by atoms with E-state index in [2.05, 4.69) is 18.8 Å². The zero-order valence-electron chi connectivity index (χ0n) is 10.8. The lowest BCUT2D eigenvalue weighted by molar-refractivity contribution is 0.387. The molecule has 0 aliphatic rings. The molecule has 0 bridgehead atoms. The molecular weight excluding hydrogens is 231 g/mol. The molecule has 1 aromatic carbocycles. The van der Waals surface area contributed by atoms with Crippen molar-refractivity contribution < 1.29 is 9.13 Å². The Kier molecular flexibility index (Phi) is 3.36.